The van der Waals surface area contributed by atoms with Crippen molar-refractivity contribution in [3.63, 3.8) is 0 Å². The Morgan fingerprint density at radius 2 is 2.19 bits per heavy atom. The number of alkyl halides is 3. The van der Waals surface area contributed by atoms with Crippen LogP contribution in [0.25, 0.3) is 0 Å². The van der Waals surface area contributed by atoms with Gasteiger partial charge in [0.25, 0.3) is 6.43 Å². The molecule has 4 rings (SSSR count). The SMILES string of the molecule is Nc1nc(=O)n([C@@H]2O[C@@](COP3(=S)OCc4ccccc4O3)(C(F)F)[C@H](F)[C@H]2O)cc1Cl. The Kier molecular flexibility index (Phi) is 6.27. The fraction of sp³-hybridized carbons (Fsp3) is 0.412. The molecule has 32 heavy (non-hydrogen) atoms. The number of rotatable bonds is 5. The quantitative estimate of drug-likeness (QED) is 0.581. The van der Waals surface area contributed by atoms with Gasteiger partial charge in [-0.2, -0.15) is 4.98 Å². The van der Waals surface area contributed by atoms with E-state index in [-0.39, 0.29) is 17.4 Å². The van der Waals surface area contributed by atoms with Crippen LogP contribution in [0.4, 0.5) is 19.0 Å². The number of para-hydroxylation sites is 1. The Labute approximate surface area is 189 Å². The summed E-state index contributed by atoms with van der Waals surface area (Å²) < 4.78 is 65.2. The van der Waals surface area contributed by atoms with Gasteiger partial charge in [0.15, 0.2) is 18.0 Å². The molecule has 5 atom stereocenters. The normalized spacial score (nSPS) is 32.0. The highest BCUT2D eigenvalue weighted by molar-refractivity contribution is 8.07. The molecular formula is C17H16ClF3N3O6PS. The summed E-state index contributed by atoms with van der Waals surface area (Å²) >= 11 is 11.0. The Morgan fingerprint density at radius 3 is 2.91 bits per heavy atom. The van der Waals surface area contributed by atoms with Gasteiger partial charge in [-0.15, -0.1) is 0 Å². The number of halogens is 4. The second-order valence-corrected chi connectivity index (χ2v) is 10.4. The first-order valence-electron chi connectivity index (χ1n) is 9.05. The van der Waals surface area contributed by atoms with Gasteiger partial charge in [0.2, 0.25) is 0 Å². The van der Waals surface area contributed by atoms with E-state index in [2.05, 4.69) is 4.98 Å². The molecule has 1 aromatic heterocycles. The predicted molar refractivity (Wildman–Crippen MR) is 110 cm³/mol. The molecule has 1 aromatic carbocycles. The van der Waals surface area contributed by atoms with E-state index in [1.807, 2.05) is 0 Å². The van der Waals surface area contributed by atoms with Crippen molar-refractivity contribution in [2.24, 2.45) is 0 Å². The lowest BCUT2D eigenvalue weighted by atomic mass is 9.98. The fourth-order valence-corrected chi connectivity index (χ4v) is 5.21. The number of aliphatic hydroxyl groups is 1. The van der Waals surface area contributed by atoms with Crippen LogP contribution in [0.2, 0.25) is 5.02 Å². The Balaban J connectivity index is 1.59. The van der Waals surface area contributed by atoms with E-state index < -0.39 is 49.5 Å². The average Bonchev–Trinajstić information content (AvgIpc) is 3.01. The van der Waals surface area contributed by atoms with Gasteiger partial charge in [0.1, 0.15) is 17.7 Å². The first-order valence-corrected chi connectivity index (χ1v) is 12.0. The number of nitrogens with zero attached hydrogens (tertiary/aromatic N) is 2. The highest BCUT2D eigenvalue weighted by Gasteiger charge is 2.62. The average molecular weight is 514 g/mol. The monoisotopic (exact) mass is 513 g/mol. The van der Waals surface area contributed by atoms with Gasteiger partial charge in [0, 0.05) is 23.6 Å². The van der Waals surface area contributed by atoms with Crippen LogP contribution in [0, 0.1) is 0 Å². The van der Waals surface area contributed by atoms with Crippen molar-refractivity contribution in [1.82, 2.24) is 9.55 Å². The molecule has 0 aliphatic carbocycles. The summed E-state index contributed by atoms with van der Waals surface area (Å²) in [6.07, 6.45) is -9.31. The molecule has 174 valence electrons. The molecular weight excluding hydrogens is 498 g/mol. The van der Waals surface area contributed by atoms with E-state index in [1.54, 1.807) is 24.3 Å². The van der Waals surface area contributed by atoms with Crippen LogP contribution in [-0.2, 0) is 32.2 Å². The zero-order valence-corrected chi connectivity index (χ0v) is 18.4. The van der Waals surface area contributed by atoms with E-state index in [0.717, 1.165) is 6.20 Å². The molecule has 0 saturated carbocycles. The van der Waals surface area contributed by atoms with Gasteiger partial charge < -0.3 is 20.1 Å². The van der Waals surface area contributed by atoms with E-state index in [0.29, 0.717) is 15.9 Å². The smallest absolute Gasteiger partial charge is 0.381 e. The van der Waals surface area contributed by atoms with Crippen LogP contribution in [0.5, 0.6) is 5.75 Å². The van der Waals surface area contributed by atoms with Crippen LogP contribution in [0.15, 0.2) is 35.3 Å². The zero-order valence-electron chi connectivity index (χ0n) is 15.9. The maximum absolute atomic E-state index is 15.0. The van der Waals surface area contributed by atoms with Crippen molar-refractivity contribution in [3.05, 3.63) is 51.5 Å². The molecule has 0 spiro atoms. The minimum atomic E-state index is -3.59. The molecule has 15 heteroatoms. The number of nitrogen functional groups attached to an aromatic ring is 1. The van der Waals surface area contributed by atoms with E-state index in [1.165, 1.54) is 0 Å². The summed E-state index contributed by atoms with van der Waals surface area (Å²) in [6, 6.07) is 6.73. The van der Waals surface area contributed by atoms with E-state index in [4.69, 9.17) is 47.4 Å². The third kappa shape index (κ3) is 4.03. The Hall–Kier alpha value is -1.73. The summed E-state index contributed by atoms with van der Waals surface area (Å²) in [5.74, 6) is 0.0229. The summed E-state index contributed by atoms with van der Waals surface area (Å²) in [6.45, 7) is -4.71. The van der Waals surface area contributed by atoms with Crippen molar-refractivity contribution >= 4 is 35.9 Å². The molecule has 1 saturated heterocycles. The minimum absolute atomic E-state index is 0.00525. The molecule has 1 fully saturated rings. The van der Waals surface area contributed by atoms with Crippen molar-refractivity contribution in [3.8, 4) is 5.75 Å². The van der Waals surface area contributed by atoms with Gasteiger partial charge in [0.05, 0.1) is 18.2 Å². The number of aromatic nitrogens is 2. The molecule has 2 aromatic rings. The molecule has 9 nitrogen and oxygen atoms in total. The van der Waals surface area contributed by atoms with Gasteiger partial charge in [-0.25, -0.2) is 18.0 Å². The molecule has 0 radical (unpaired) electrons. The largest absolute Gasteiger partial charge is 0.424 e. The molecule has 3 heterocycles. The Morgan fingerprint density at radius 1 is 1.47 bits per heavy atom. The number of fused-ring (bicyclic) bond motifs is 1. The summed E-state index contributed by atoms with van der Waals surface area (Å²) in [5, 5.41) is 10.1. The lowest BCUT2D eigenvalue weighted by molar-refractivity contribution is -0.183. The minimum Gasteiger partial charge on any atom is -0.424 e. The van der Waals surface area contributed by atoms with Crippen LogP contribution in [-0.4, -0.2) is 45.6 Å². The second kappa shape index (κ2) is 8.56. The zero-order chi connectivity index (χ0) is 23.3. The number of hydrogen-bond donors (Lipinski definition) is 2. The highest BCUT2D eigenvalue weighted by atomic mass is 35.5. The lowest BCUT2D eigenvalue weighted by Gasteiger charge is -2.33. The first kappa shape index (κ1) is 23.4. The van der Waals surface area contributed by atoms with E-state index in [9.17, 15) is 18.7 Å². The number of nitrogens with two attached hydrogens (primary N) is 1. The van der Waals surface area contributed by atoms with Gasteiger partial charge >= 0.3 is 12.4 Å². The summed E-state index contributed by atoms with van der Waals surface area (Å²) in [5.41, 5.74) is 2.03. The maximum atomic E-state index is 15.0. The second-order valence-electron chi connectivity index (χ2n) is 7.01. The van der Waals surface area contributed by atoms with Crippen LogP contribution in [0.3, 0.4) is 0 Å². The maximum Gasteiger partial charge on any atom is 0.381 e. The highest BCUT2D eigenvalue weighted by Crippen LogP contribution is 2.56. The number of aliphatic hydroxyl groups excluding tert-OH is 1. The number of hydrogen-bond acceptors (Lipinski definition) is 9. The molecule has 0 amide bonds. The van der Waals surface area contributed by atoms with Crippen LogP contribution < -0.4 is 15.9 Å². The van der Waals surface area contributed by atoms with Crippen molar-refractivity contribution in [2.75, 3.05) is 12.3 Å². The van der Waals surface area contributed by atoms with Crippen molar-refractivity contribution in [2.45, 2.75) is 37.1 Å². The number of anilines is 1. The first-order chi connectivity index (χ1) is 15.1. The van der Waals surface area contributed by atoms with Crippen molar-refractivity contribution < 1.29 is 36.6 Å². The fourth-order valence-electron chi connectivity index (χ4n) is 3.25. The van der Waals surface area contributed by atoms with Gasteiger partial charge in [-0.3, -0.25) is 13.6 Å². The van der Waals surface area contributed by atoms with Gasteiger partial charge in [-0.05, 0) is 6.07 Å². The number of benzene rings is 1. The summed E-state index contributed by atoms with van der Waals surface area (Å²) in [7, 11) is 0. The molecule has 0 bridgehead atoms. The Bertz CT molecular complexity index is 1140. The molecule has 3 N–H and O–H groups in total. The summed E-state index contributed by atoms with van der Waals surface area (Å²) in [4.78, 5) is 15.5. The predicted octanol–water partition coefficient (Wildman–Crippen LogP) is 2.56. The van der Waals surface area contributed by atoms with Crippen molar-refractivity contribution in [1.29, 1.82) is 0 Å². The topological polar surface area (TPSA) is 118 Å². The number of ether oxygens (including phenoxy) is 1. The van der Waals surface area contributed by atoms with Crippen LogP contribution in [0.1, 0.15) is 11.8 Å². The van der Waals surface area contributed by atoms with Crippen LogP contribution >= 0.6 is 18.3 Å². The van der Waals surface area contributed by atoms with Gasteiger partial charge in [-0.1, -0.05) is 29.8 Å². The lowest BCUT2D eigenvalue weighted by Crippen LogP contribution is -2.50. The molecule has 2 aliphatic heterocycles. The third-order valence-electron chi connectivity index (χ3n) is 4.99. The van der Waals surface area contributed by atoms with E-state index >= 15 is 4.39 Å². The molecule has 2 aliphatic rings. The molecule has 1 unspecified atom stereocenters. The third-order valence-corrected chi connectivity index (χ3v) is 7.44. The standard InChI is InChI=1S/C17H16ClF3N3O6PS/c18-9-5-24(16(26)23-13(9)22)14-11(25)12(19)17(29-14,15(20)21)7-28-31(32)27-6-8-3-1-2-4-10(8)30-31/h1-5,11-12,14-15,25H,6-7H2,(H2,22,23,26)/t11-,12-,14-,17-,31?/m1/s1.